The Balaban J connectivity index is 1.86. The summed E-state index contributed by atoms with van der Waals surface area (Å²) in [4.78, 5) is 18.9. The van der Waals surface area contributed by atoms with E-state index in [0.29, 0.717) is 23.9 Å². The number of ether oxygens (including phenoxy) is 1. The molecule has 3 rings (SSSR count). The minimum atomic E-state index is -0.543. The molecule has 2 aromatic rings. The van der Waals surface area contributed by atoms with E-state index in [1.165, 1.54) is 6.33 Å². The molecule has 1 aliphatic heterocycles. The van der Waals surface area contributed by atoms with Crippen molar-refractivity contribution in [2.24, 2.45) is 0 Å². The normalized spacial score (nSPS) is 16.6. The summed E-state index contributed by atoms with van der Waals surface area (Å²) in [6, 6.07) is 4.96. The van der Waals surface area contributed by atoms with Gasteiger partial charge in [-0.3, -0.25) is 10.1 Å². The number of hydrogen-bond acceptors (Lipinski definition) is 7. The smallest absolute Gasteiger partial charge is 0.353 e. The number of nitrogens with zero attached hydrogens (tertiary/aromatic N) is 3. The number of rotatable bonds is 6. The lowest BCUT2D eigenvalue weighted by Crippen LogP contribution is -2.20. The number of hydrogen-bond donors (Lipinski definition) is 2. The van der Waals surface area contributed by atoms with Crippen LogP contribution in [0.1, 0.15) is 12.8 Å². The summed E-state index contributed by atoms with van der Waals surface area (Å²) in [5, 5.41) is 17.9. The number of halogens is 2. The molecule has 0 spiro atoms. The van der Waals surface area contributed by atoms with Gasteiger partial charge in [-0.2, -0.15) is 0 Å². The average molecular weight is 384 g/mol. The van der Waals surface area contributed by atoms with Crippen LogP contribution in [0.5, 0.6) is 0 Å². The summed E-state index contributed by atoms with van der Waals surface area (Å²) in [5.74, 6) is 0.148. The van der Waals surface area contributed by atoms with Gasteiger partial charge in [0, 0.05) is 13.2 Å². The first-order chi connectivity index (χ1) is 12.1. The van der Waals surface area contributed by atoms with E-state index in [0.717, 1.165) is 12.8 Å². The quantitative estimate of drug-likeness (QED) is 0.573. The molecule has 0 saturated carbocycles. The molecule has 0 amide bonds. The fourth-order valence-electron chi connectivity index (χ4n) is 2.52. The monoisotopic (exact) mass is 383 g/mol. The molecule has 1 saturated heterocycles. The molecule has 1 aromatic carbocycles. The van der Waals surface area contributed by atoms with Crippen LogP contribution in [-0.2, 0) is 4.74 Å². The molecule has 1 atom stereocenters. The number of benzene rings is 1. The van der Waals surface area contributed by atoms with E-state index in [-0.39, 0.29) is 28.4 Å². The highest BCUT2D eigenvalue weighted by molar-refractivity contribution is 6.43. The Morgan fingerprint density at radius 3 is 2.84 bits per heavy atom. The summed E-state index contributed by atoms with van der Waals surface area (Å²) in [6.07, 6.45) is 3.16. The Morgan fingerprint density at radius 1 is 1.32 bits per heavy atom. The largest absolute Gasteiger partial charge is 0.376 e. The molecule has 0 bridgehead atoms. The van der Waals surface area contributed by atoms with Gasteiger partial charge in [0.25, 0.3) is 0 Å². The maximum absolute atomic E-state index is 11.5. The van der Waals surface area contributed by atoms with Crippen LogP contribution >= 0.6 is 23.2 Å². The summed E-state index contributed by atoms with van der Waals surface area (Å²) >= 11 is 12.1. The SMILES string of the molecule is O=[N+]([O-])c1c(NCC2CCCO2)ncnc1Nc1cccc(Cl)c1Cl. The standard InChI is InChI=1S/C15H15Cl2N5O3/c16-10-4-1-5-11(12(10)17)21-15-13(22(23)24)14(19-8-20-15)18-7-9-3-2-6-25-9/h1,4-5,8-9H,2-3,6-7H2,(H2,18,19,20,21). The second kappa shape index (κ2) is 7.81. The fourth-order valence-corrected chi connectivity index (χ4v) is 2.86. The van der Waals surface area contributed by atoms with Crippen LogP contribution < -0.4 is 10.6 Å². The number of nitrogens with one attached hydrogen (secondary N) is 2. The van der Waals surface area contributed by atoms with Crippen molar-refractivity contribution in [3.8, 4) is 0 Å². The number of anilines is 3. The maximum Gasteiger partial charge on any atom is 0.353 e. The molecule has 25 heavy (non-hydrogen) atoms. The van der Waals surface area contributed by atoms with Gasteiger partial charge in [-0.1, -0.05) is 29.3 Å². The second-order valence-corrected chi connectivity index (χ2v) is 6.20. The molecular weight excluding hydrogens is 369 g/mol. The molecule has 2 heterocycles. The van der Waals surface area contributed by atoms with Crippen LogP contribution in [0.2, 0.25) is 10.0 Å². The van der Waals surface area contributed by atoms with Crippen LogP contribution in [0.3, 0.4) is 0 Å². The van der Waals surface area contributed by atoms with Crippen LogP contribution in [0, 0.1) is 10.1 Å². The first-order valence-corrected chi connectivity index (χ1v) is 8.37. The molecule has 1 aliphatic rings. The number of aromatic nitrogens is 2. The maximum atomic E-state index is 11.5. The van der Waals surface area contributed by atoms with Gasteiger partial charge in [0.15, 0.2) is 0 Å². The third-order valence-electron chi connectivity index (χ3n) is 3.73. The molecule has 132 valence electrons. The van der Waals surface area contributed by atoms with Gasteiger partial charge in [0.2, 0.25) is 11.6 Å². The van der Waals surface area contributed by atoms with E-state index in [1.54, 1.807) is 18.2 Å². The van der Waals surface area contributed by atoms with Crippen LogP contribution in [-0.4, -0.2) is 34.1 Å². The third-order valence-corrected chi connectivity index (χ3v) is 4.55. The van der Waals surface area contributed by atoms with Crippen molar-refractivity contribution in [2.75, 3.05) is 23.8 Å². The summed E-state index contributed by atoms with van der Waals surface area (Å²) in [7, 11) is 0. The molecule has 1 fully saturated rings. The molecule has 10 heteroatoms. The van der Waals surface area contributed by atoms with Crippen LogP contribution in [0.15, 0.2) is 24.5 Å². The zero-order chi connectivity index (χ0) is 17.8. The predicted octanol–water partition coefficient (Wildman–Crippen LogP) is 4.03. The van der Waals surface area contributed by atoms with Gasteiger partial charge in [-0.15, -0.1) is 0 Å². The highest BCUT2D eigenvalue weighted by atomic mass is 35.5. The summed E-state index contributed by atoms with van der Waals surface area (Å²) in [6.45, 7) is 1.15. The summed E-state index contributed by atoms with van der Waals surface area (Å²) in [5.41, 5.74) is 0.151. The van der Waals surface area contributed by atoms with Crippen molar-refractivity contribution in [1.82, 2.24) is 9.97 Å². The van der Waals surface area contributed by atoms with E-state index in [4.69, 9.17) is 27.9 Å². The first-order valence-electron chi connectivity index (χ1n) is 7.62. The van der Waals surface area contributed by atoms with Gasteiger partial charge in [0.1, 0.15) is 6.33 Å². The molecule has 1 unspecified atom stereocenters. The van der Waals surface area contributed by atoms with Crippen molar-refractivity contribution in [1.29, 1.82) is 0 Å². The lowest BCUT2D eigenvalue weighted by molar-refractivity contribution is -0.383. The minimum Gasteiger partial charge on any atom is -0.376 e. The van der Waals surface area contributed by atoms with E-state index >= 15 is 0 Å². The molecule has 0 aliphatic carbocycles. The van der Waals surface area contributed by atoms with Crippen LogP contribution in [0.25, 0.3) is 0 Å². The Morgan fingerprint density at radius 2 is 2.12 bits per heavy atom. The van der Waals surface area contributed by atoms with Gasteiger partial charge in [0.05, 0.1) is 26.8 Å². The zero-order valence-electron chi connectivity index (χ0n) is 13.0. The van der Waals surface area contributed by atoms with Gasteiger partial charge in [-0.05, 0) is 25.0 Å². The third kappa shape index (κ3) is 4.09. The van der Waals surface area contributed by atoms with Crippen molar-refractivity contribution in [2.45, 2.75) is 18.9 Å². The van der Waals surface area contributed by atoms with Crippen molar-refractivity contribution < 1.29 is 9.66 Å². The highest BCUT2D eigenvalue weighted by Gasteiger charge is 2.25. The van der Waals surface area contributed by atoms with Gasteiger partial charge in [-0.25, -0.2) is 9.97 Å². The Labute approximate surface area is 153 Å². The Kier molecular flexibility index (Phi) is 5.52. The average Bonchev–Trinajstić information content (AvgIpc) is 3.10. The van der Waals surface area contributed by atoms with E-state index < -0.39 is 4.92 Å². The first kappa shape index (κ1) is 17.7. The predicted molar refractivity (Wildman–Crippen MR) is 95.9 cm³/mol. The summed E-state index contributed by atoms with van der Waals surface area (Å²) < 4.78 is 5.51. The van der Waals surface area contributed by atoms with Crippen molar-refractivity contribution in [3.05, 3.63) is 44.7 Å². The molecule has 1 aromatic heterocycles. The van der Waals surface area contributed by atoms with Gasteiger partial charge >= 0.3 is 5.69 Å². The van der Waals surface area contributed by atoms with E-state index in [2.05, 4.69) is 20.6 Å². The minimum absolute atomic E-state index is 0.0216. The van der Waals surface area contributed by atoms with E-state index in [9.17, 15) is 10.1 Å². The second-order valence-electron chi connectivity index (χ2n) is 5.42. The number of nitro groups is 1. The lowest BCUT2D eigenvalue weighted by atomic mass is 10.2. The molecular formula is C15H15Cl2N5O3. The highest BCUT2D eigenvalue weighted by Crippen LogP contribution is 2.35. The zero-order valence-corrected chi connectivity index (χ0v) is 14.5. The van der Waals surface area contributed by atoms with Crippen molar-refractivity contribution in [3.63, 3.8) is 0 Å². The van der Waals surface area contributed by atoms with Crippen molar-refractivity contribution >= 4 is 46.2 Å². The van der Waals surface area contributed by atoms with E-state index in [1.807, 2.05) is 0 Å². The van der Waals surface area contributed by atoms with Gasteiger partial charge < -0.3 is 15.4 Å². The Bertz CT molecular complexity index is 784. The molecule has 2 N–H and O–H groups in total. The molecule has 0 radical (unpaired) electrons. The van der Waals surface area contributed by atoms with Crippen LogP contribution in [0.4, 0.5) is 23.0 Å². The fraction of sp³-hybridized carbons (Fsp3) is 0.333. The molecule has 8 nitrogen and oxygen atoms in total. The topological polar surface area (TPSA) is 102 Å². The Hall–Kier alpha value is -2.16. The lowest BCUT2D eigenvalue weighted by Gasteiger charge is -2.13.